The third-order valence-corrected chi connectivity index (χ3v) is 9.44. The van der Waals surface area contributed by atoms with Crippen LogP contribution in [0.4, 0.5) is 0 Å². The summed E-state index contributed by atoms with van der Waals surface area (Å²) in [6.07, 6.45) is 0. The van der Waals surface area contributed by atoms with E-state index in [2.05, 4.69) is 126 Å². The fourth-order valence-corrected chi connectivity index (χ4v) is 7.16. The van der Waals surface area contributed by atoms with Crippen molar-refractivity contribution < 1.29 is 0 Å². The average Bonchev–Trinajstić information content (AvgIpc) is 3.60. The summed E-state index contributed by atoms with van der Waals surface area (Å²) in [5, 5.41) is 2.50. The second kappa shape index (κ2) is 12.1. The van der Waals surface area contributed by atoms with E-state index in [0.29, 0.717) is 17.5 Å². The van der Waals surface area contributed by atoms with Crippen molar-refractivity contribution in [2.45, 2.75) is 19.3 Å². The maximum absolute atomic E-state index is 5.00. The van der Waals surface area contributed by atoms with Gasteiger partial charge in [-0.05, 0) is 57.5 Å². The molecule has 4 nitrogen and oxygen atoms in total. The van der Waals surface area contributed by atoms with Gasteiger partial charge in [0.05, 0.1) is 11.0 Å². The van der Waals surface area contributed by atoms with E-state index in [-0.39, 0.29) is 5.41 Å². The van der Waals surface area contributed by atoms with Crippen molar-refractivity contribution in [1.82, 2.24) is 19.5 Å². The minimum atomic E-state index is -0.0875. The number of alkyl halides is 1. The highest BCUT2D eigenvalue weighted by molar-refractivity contribution is 14.1. The van der Waals surface area contributed by atoms with Gasteiger partial charge >= 0.3 is 0 Å². The van der Waals surface area contributed by atoms with Crippen LogP contribution in [0.15, 0.2) is 146 Å². The summed E-state index contributed by atoms with van der Waals surface area (Å²) in [6.45, 7) is 4.68. The van der Waals surface area contributed by atoms with Gasteiger partial charge in [0.2, 0.25) is 0 Å². The molecule has 6 aromatic carbocycles. The molecule has 0 aliphatic heterocycles. The van der Waals surface area contributed by atoms with Crippen molar-refractivity contribution in [2.75, 3.05) is 4.93 Å². The van der Waals surface area contributed by atoms with Crippen molar-refractivity contribution in [3.05, 3.63) is 157 Å². The lowest BCUT2D eigenvalue weighted by atomic mass is 9.82. The smallest absolute Gasteiger partial charge is 0.164 e. The fraction of sp³-hybridized carbons (Fsp3) is 0.0930. The van der Waals surface area contributed by atoms with E-state index in [1.807, 2.05) is 65.6 Å². The Hall–Kier alpha value is -5.14. The molecule has 9 rings (SSSR count). The zero-order valence-electron chi connectivity index (χ0n) is 27.0. The number of hydrogen-bond donors (Lipinski definition) is 0. The molecule has 48 heavy (non-hydrogen) atoms. The third-order valence-electron chi connectivity index (χ3n) is 9.44. The van der Waals surface area contributed by atoms with Gasteiger partial charge in [-0.3, -0.25) is 0 Å². The Labute approximate surface area is 294 Å². The molecule has 5 heteroatoms. The normalized spacial score (nSPS) is 12.8. The van der Waals surface area contributed by atoms with Gasteiger partial charge in [-0.25, -0.2) is 15.0 Å². The number of benzene rings is 6. The number of fused-ring (bicyclic) bond motifs is 6. The van der Waals surface area contributed by atoms with Crippen molar-refractivity contribution >= 4 is 44.4 Å². The molecule has 0 atom stereocenters. The summed E-state index contributed by atoms with van der Waals surface area (Å²) in [6, 6.07) is 51.2. The molecule has 0 bridgehead atoms. The van der Waals surface area contributed by atoms with Crippen LogP contribution in [0.3, 0.4) is 0 Å². The topological polar surface area (TPSA) is 43.6 Å². The van der Waals surface area contributed by atoms with E-state index in [1.165, 1.54) is 44.1 Å². The SMILES string of the molecule is CC1(C)c2ccccc2-c2cc3c4ccccc4n(-c4cccc(-c5nc(-c6ccccc6)nc(-c6ccccc6)n5)c4)c3cc21.CI. The predicted molar refractivity (Wildman–Crippen MR) is 208 cm³/mol. The molecular weight excluding hydrogens is 699 g/mol. The van der Waals surface area contributed by atoms with Crippen molar-refractivity contribution in [3.8, 4) is 51.0 Å². The standard InChI is InChI=1S/C42H30N4.CH3I/c1-42(2)35-22-11-9-20-31(35)33-25-34-32-21-10-12-23-37(32)46(38(34)26-36(33)42)30-19-13-18-29(24-30)41-44-39(27-14-5-3-6-15-27)43-40(45-41)28-16-7-4-8-17-28;1-2/h3-26H,1-2H3;1H3. The van der Waals surface area contributed by atoms with Crippen molar-refractivity contribution in [3.63, 3.8) is 0 Å². The van der Waals surface area contributed by atoms with Crippen LogP contribution in [0.2, 0.25) is 0 Å². The molecule has 0 saturated carbocycles. The first-order valence-corrected chi connectivity index (χ1v) is 18.3. The van der Waals surface area contributed by atoms with Crippen LogP contribution in [0.1, 0.15) is 25.0 Å². The first-order valence-electron chi connectivity index (χ1n) is 16.1. The zero-order chi connectivity index (χ0) is 32.8. The molecule has 1 aliphatic rings. The van der Waals surface area contributed by atoms with Crippen LogP contribution in [0.25, 0.3) is 72.8 Å². The molecule has 0 saturated heterocycles. The first kappa shape index (κ1) is 30.2. The minimum Gasteiger partial charge on any atom is -0.309 e. The van der Waals surface area contributed by atoms with Gasteiger partial charge in [-0.2, -0.15) is 0 Å². The minimum absolute atomic E-state index is 0.0875. The lowest BCUT2D eigenvalue weighted by Crippen LogP contribution is -2.14. The molecule has 0 fully saturated rings. The Morgan fingerprint density at radius 3 is 1.71 bits per heavy atom. The van der Waals surface area contributed by atoms with E-state index < -0.39 is 0 Å². The fourth-order valence-electron chi connectivity index (χ4n) is 7.16. The Morgan fingerprint density at radius 2 is 1.02 bits per heavy atom. The second-order valence-electron chi connectivity index (χ2n) is 12.5. The van der Waals surface area contributed by atoms with Crippen LogP contribution >= 0.6 is 22.6 Å². The van der Waals surface area contributed by atoms with Crippen molar-refractivity contribution in [1.29, 1.82) is 0 Å². The monoisotopic (exact) mass is 732 g/mol. The zero-order valence-corrected chi connectivity index (χ0v) is 29.2. The average molecular weight is 733 g/mol. The number of rotatable bonds is 4. The van der Waals surface area contributed by atoms with Crippen LogP contribution in [0, 0.1) is 0 Å². The number of halogens is 1. The Morgan fingerprint density at radius 1 is 0.458 bits per heavy atom. The molecule has 0 amide bonds. The highest BCUT2D eigenvalue weighted by Crippen LogP contribution is 2.51. The quantitative estimate of drug-likeness (QED) is 0.134. The van der Waals surface area contributed by atoms with Crippen LogP contribution in [-0.2, 0) is 5.41 Å². The number of aromatic nitrogens is 4. The lowest BCUT2D eigenvalue weighted by molar-refractivity contribution is 0.661. The highest BCUT2D eigenvalue weighted by atomic mass is 127. The maximum Gasteiger partial charge on any atom is 0.164 e. The number of para-hydroxylation sites is 1. The molecule has 2 aromatic heterocycles. The van der Waals surface area contributed by atoms with Gasteiger partial charge in [0.15, 0.2) is 17.5 Å². The molecular formula is C43H33IN4. The molecule has 1 aliphatic carbocycles. The summed E-state index contributed by atoms with van der Waals surface area (Å²) >= 11 is 2.15. The van der Waals surface area contributed by atoms with Crippen LogP contribution in [0.5, 0.6) is 0 Å². The molecule has 0 N–H and O–H groups in total. The summed E-state index contributed by atoms with van der Waals surface area (Å²) in [5.74, 6) is 1.96. The molecule has 8 aromatic rings. The van der Waals surface area contributed by atoms with E-state index >= 15 is 0 Å². The highest BCUT2D eigenvalue weighted by Gasteiger charge is 2.36. The third kappa shape index (κ3) is 4.92. The van der Waals surface area contributed by atoms with Gasteiger partial charge in [0.25, 0.3) is 0 Å². The van der Waals surface area contributed by atoms with E-state index in [0.717, 1.165) is 22.4 Å². The predicted octanol–water partition coefficient (Wildman–Crippen LogP) is 11.3. The summed E-state index contributed by atoms with van der Waals surface area (Å²) in [7, 11) is 0. The van der Waals surface area contributed by atoms with Gasteiger partial charge in [-0.15, -0.1) is 0 Å². The first-order chi connectivity index (χ1) is 23.6. The molecule has 2 heterocycles. The Balaban J connectivity index is 0.00000165. The Bertz CT molecular complexity index is 2390. The van der Waals surface area contributed by atoms with Crippen LogP contribution < -0.4 is 0 Å². The molecule has 0 radical (unpaired) electrons. The number of hydrogen-bond acceptors (Lipinski definition) is 3. The summed E-state index contributed by atoms with van der Waals surface area (Å²) in [5.41, 5.74) is 11.6. The van der Waals surface area contributed by atoms with Gasteiger partial charge in [-0.1, -0.05) is 152 Å². The van der Waals surface area contributed by atoms with E-state index in [1.54, 1.807) is 0 Å². The maximum atomic E-state index is 5.00. The van der Waals surface area contributed by atoms with E-state index in [4.69, 9.17) is 15.0 Å². The van der Waals surface area contributed by atoms with Gasteiger partial charge in [0, 0.05) is 38.6 Å². The second-order valence-corrected chi connectivity index (χ2v) is 12.5. The van der Waals surface area contributed by atoms with E-state index in [9.17, 15) is 0 Å². The molecule has 232 valence electrons. The number of nitrogens with zero attached hydrogens (tertiary/aromatic N) is 4. The molecule has 0 unspecified atom stereocenters. The lowest BCUT2D eigenvalue weighted by Gasteiger charge is -2.21. The summed E-state index contributed by atoms with van der Waals surface area (Å²) in [4.78, 5) is 16.9. The van der Waals surface area contributed by atoms with Crippen molar-refractivity contribution in [2.24, 2.45) is 0 Å². The largest absolute Gasteiger partial charge is 0.309 e. The van der Waals surface area contributed by atoms with Gasteiger partial charge < -0.3 is 4.57 Å². The van der Waals surface area contributed by atoms with Gasteiger partial charge in [0.1, 0.15) is 0 Å². The molecule has 0 spiro atoms. The summed E-state index contributed by atoms with van der Waals surface area (Å²) < 4.78 is 2.39. The van der Waals surface area contributed by atoms with Crippen LogP contribution in [-0.4, -0.2) is 24.4 Å². The Kier molecular flexibility index (Phi) is 7.64.